The Balaban J connectivity index is 1.96. The van der Waals surface area contributed by atoms with Gasteiger partial charge in [-0.15, -0.1) is 0 Å². The molecule has 0 fully saturated rings. The third-order valence-corrected chi connectivity index (χ3v) is 4.14. The summed E-state index contributed by atoms with van der Waals surface area (Å²) in [6.07, 6.45) is 0. The molecule has 0 aliphatic carbocycles. The molecule has 0 unspecified atom stereocenters. The molecule has 124 valence electrons. The first kappa shape index (κ1) is 16.4. The molecule has 1 aromatic heterocycles. The normalized spacial score (nSPS) is 11.2. The zero-order valence-corrected chi connectivity index (χ0v) is 12.5. The van der Waals surface area contributed by atoms with E-state index in [9.17, 15) is 26.7 Å². The van der Waals surface area contributed by atoms with E-state index >= 15 is 0 Å². The summed E-state index contributed by atoms with van der Waals surface area (Å²) >= 11 is 0.652. The van der Waals surface area contributed by atoms with Crippen LogP contribution >= 0.6 is 11.8 Å². The van der Waals surface area contributed by atoms with Crippen LogP contribution in [0.2, 0.25) is 0 Å². The van der Waals surface area contributed by atoms with Crippen LogP contribution in [0.15, 0.2) is 34.2 Å². The van der Waals surface area contributed by atoms with Crippen molar-refractivity contribution in [2.45, 2.75) is 10.9 Å². The van der Waals surface area contributed by atoms with Crippen molar-refractivity contribution >= 4 is 22.7 Å². The van der Waals surface area contributed by atoms with Gasteiger partial charge < -0.3 is 4.98 Å². The van der Waals surface area contributed by atoms with Gasteiger partial charge in [-0.05, 0) is 12.1 Å². The number of aromatic amines is 1. The van der Waals surface area contributed by atoms with Gasteiger partial charge >= 0.3 is 0 Å². The molecule has 24 heavy (non-hydrogen) atoms. The minimum Gasteiger partial charge on any atom is -0.301 e. The van der Waals surface area contributed by atoms with Crippen LogP contribution in [-0.4, -0.2) is 9.97 Å². The smallest absolute Gasteiger partial charge is 0.259 e. The van der Waals surface area contributed by atoms with Gasteiger partial charge in [0.05, 0.1) is 10.9 Å². The zero-order chi connectivity index (χ0) is 17.4. The Morgan fingerprint density at radius 2 is 1.50 bits per heavy atom. The summed E-state index contributed by atoms with van der Waals surface area (Å²) in [7, 11) is 0. The quantitative estimate of drug-likeness (QED) is 0.254. The molecule has 1 N–H and O–H groups in total. The number of hydrogen-bond acceptors (Lipinski definition) is 3. The van der Waals surface area contributed by atoms with Gasteiger partial charge in [-0.25, -0.2) is 26.9 Å². The Morgan fingerprint density at radius 1 is 0.917 bits per heavy atom. The van der Waals surface area contributed by atoms with Gasteiger partial charge in [-0.3, -0.25) is 4.79 Å². The molecule has 0 aliphatic rings. The summed E-state index contributed by atoms with van der Waals surface area (Å²) < 4.78 is 66.5. The van der Waals surface area contributed by atoms with E-state index in [1.54, 1.807) is 24.3 Å². The van der Waals surface area contributed by atoms with E-state index in [0.717, 1.165) is 0 Å². The highest BCUT2D eigenvalue weighted by molar-refractivity contribution is 7.98. The standard InChI is InChI=1S/C15H7F5N2OS/c16-9-7(10(17)12(19)13(20)11(9)18)5-24-15-21-8-4-2-1-3-6(8)14(23)22-15/h1-4H,5H2,(H,21,22,23). The van der Waals surface area contributed by atoms with Crippen LogP contribution in [0, 0.1) is 29.1 Å². The van der Waals surface area contributed by atoms with Gasteiger partial charge in [-0.1, -0.05) is 23.9 Å². The van der Waals surface area contributed by atoms with Crippen LogP contribution < -0.4 is 5.56 Å². The first-order valence-electron chi connectivity index (χ1n) is 6.52. The van der Waals surface area contributed by atoms with Crippen molar-refractivity contribution in [2.24, 2.45) is 0 Å². The summed E-state index contributed by atoms with van der Waals surface area (Å²) in [6, 6.07) is 6.39. The predicted octanol–water partition coefficient (Wildman–Crippen LogP) is 3.91. The Labute approximate surface area is 135 Å². The third kappa shape index (κ3) is 2.75. The molecule has 3 nitrogen and oxygen atoms in total. The number of benzene rings is 2. The van der Waals surface area contributed by atoms with Crippen molar-refractivity contribution < 1.29 is 22.0 Å². The number of H-pyrrole nitrogens is 1. The number of fused-ring (bicyclic) bond motifs is 1. The molecule has 0 radical (unpaired) electrons. The maximum absolute atomic E-state index is 13.6. The molecule has 0 aliphatic heterocycles. The average Bonchev–Trinajstić information content (AvgIpc) is 2.58. The van der Waals surface area contributed by atoms with E-state index in [1.165, 1.54) is 0 Å². The molecule has 0 amide bonds. The fourth-order valence-corrected chi connectivity index (χ4v) is 2.91. The molecule has 9 heteroatoms. The lowest BCUT2D eigenvalue weighted by Gasteiger charge is -2.08. The largest absolute Gasteiger partial charge is 0.301 e. The molecule has 0 saturated carbocycles. The summed E-state index contributed by atoms with van der Waals surface area (Å²) in [5, 5.41) is 0.320. The maximum Gasteiger partial charge on any atom is 0.259 e. The van der Waals surface area contributed by atoms with Crippen LogP contribution in [-0.2, 0) is 5.75 Å². The molecule has 3 aromatic rings. The van der Waals surface area contributed by atoms with Crippen LogP contribution in [0.25, 0.3) is 10.9 Å². The van der Waals surface area contributed by atoms with Crippen molar-refractivity contribution in [3.05, 3.63) is 69.3 Å². The fraction of sp³-hybridized carbons (Fsp3) is 0.0667. The van der Waals surface area contributed by atoms with Gasteiger partial charge in [0.1, 0.15) is 0 Å². The summed E-state index contributed by atoms with van der Waals surface area (Å²) in [5.41, 5.74) is -1.10. The van der Waals surface area contributed by atoms with E-state index in [2.05, 4.69) is 9.97 Å². The lowest BCUT2D eigenvalue weighted by Crippen LogP contribution is -2.10. The highest BCUT2D eigenvalue weighted by atomic mass is 32.2. The molecule has 2 aromatic carbocycles. The number of thioether (sulfide) groups is 1. The highest BCUT2D eigenvalue weighted by Gasteiger charge is 2.25. The van der Waals surface area contributed by atoms with E-state index in [4.69, 9.17) is 0 Å². The molecule has 0 bridgehead atoms. The first-order valence-corrected chi connectivity index (χ1v) is 7.51. The first-order chi connectivity index (χ1) is 11.4. The van der Waals surface area contributed by atoms with E-state index in [1.807, 2.05) is 0 Å². The zero-order valence-electron chi connectivity index (χ0n) is 11.7. The molecule has 0 saturated heterocycles. The second kappa shape index (κ2) is 6.23. The lowest BCUT2D eigenvalue weighted by atomic mass is 10.2. The van der Waals surface area contributed by atoms with Crippen LogP contribution in [0.1, 0.15) is 5.56 Å². The van der Waals surface area contributed by atoms with Crippen molar-refractivity contribution in [1.29, 1.82) is 0 Å². The summed E-state index contributed by atoms with van der Waals surface area (Å²) in [4.78, 5) is 18.3. The van der Waals surface area contributed by atoms with E-state index in [-0.39, 0.29) is 5.16 Å². The maximum atomic E-state index is 13.6. The Bertz CT molecular complexity index is 976. The topological polar surface area (TPSA) is 45.8 Å². The van der Waals surface area contributed by atoms with Gasteiger partial charge in [-0.2, -0.15) is 0 Å². The molecular weight excluding hydrogens is 351 g/mol. The average molecular weight is 358 g/mol. The van der Waals surface area contributed by atoms with Gasteiger partial charge in [0.25, 0.3) is 5.56 Å². The number of para-hydroxylation sites is 1. The lowest BCUT2D eigenvalue weighted by molar-refractivity contribution is 0.372. The minimum absolute atomic E-state index is 0.00245. The number of rotatable bonds is 3. The Morgan fingerprint density at radius 3 is 2.17 bits per heavy atom. The molecular formula is C15H7F5N2OS. The van der Waals surface area contributed by atoms with Crippen molar-refractivity contribution in [3.8, 4) is 0 Å². The van der Waals surface area contributed by atoms with Crippen LogP contribution in [0.5, 0.6) is 0 Å². The number of nitrogens with zero attached hydrogens (tertiary/aromatic N) is 1. The number of halogens is 5. The molecule has 0 atom stereocenters. The number of nitrogens with one attached hydrogen (secondary N) is 1. The van der Waals surface area contributed by atoms with Crippen molar-refractivity contribution in [2.75, 3.05) is 0 Å². The molecule has 3 rings (SSSR count). The number of aromatic nitrogens is 2. The SMILES string of the molecule is O=c1[nH]c(SCc2c(F)c(F)c(F)c(F)c2F)nc2ccccc12. The van der Waals surface area contributed by atoms with Gasteiger partial charge in [0, 0.05) is 11.3 Å². The van der Waals surface area contributed by atoms with Gasteiger partial charge in [0.15, 0.2) is 28.4 Å². The monoisotopic (exact) mass is 358 g/mol. The Hall–Kier alpha value is -2.42. The minimum atomic E-state index is -2.21. The van der Waals surface area contributed by atoms with Crippen LogP contribution in [0.4, 0.5) is 22.0 Å². The Kier molecular flexibility index (Phi) is 4.27. The summed E-state index contributed by atoms with van der Waals surface area (Å²) in [6.45, 7) is 0. The molecule has 0 spiro atoms. The highest BCUT2D eigenvalue weighted by Crippen LogP contribution is 2.28. The fourth-order valence-electron chi connectivity index (χ4n) is 2.05. The van der Waals surface area contributed by atoms with E-state index < -0.39 is 46.0 Å². The van der Waals surface area contributed by atoms with Crippen molar-refractivity contribution in [3.63, 3.8) is 0 Å². The van der Waals surface area contributed by atoms with Crippen LogP contribution in [0.3, 0.4) is 0 Å². The van der Waals surface area contributed by atoms with E-state index in [0.29, 0.717) is 22.7 Å². The molecule has 1 heterocycles. The van der Waals surface area contributed by atoms with Gasteiger partial charge in [0.2, 0.25) is 5.82 Å². The second-order valence-electron chi connectivity index (χ2n) is 4.73. The third-order valence-electron chi connectivity index (χ3n) is 3.25. The second-order valence-corrected chi connectivity index (χ2v) is 5.69. The number of hydrogen-bond donors (Lipinski definition) is 1. The predicted molar refractivity (Wildman–Crippen MR) is 78.2 cm³/mol. The summed E-state index contributed by atoms with van der Waals surface area (Å²) in [5.74, 6) is -10.6. The van der Waals surface area contributed by atoms with Crippen molar-refractivity contribution in [1.82, 2.24) is 9.97 Å².